The molecular weight excluding hydrogens is 516 g/mol. The number of benzene rings is 3. The third-order valence-corrected chi connectivity index (χ3v) is 8.83. The minimum atomic E-state index is -0.394. The van der Waals surface area contributed by atoms with Crippen LogP contribution in [0.4, 0.5) is 0 Å². The van der Waals surface area contributed by atoms with Gasteiger partial charge in [0.1, 0.15) is 11.9 Å². The zero-order valence-electron chi connectivity index (χ0n) is 24.0. The van der Waals surface area contributed by atoms with E-state index in [1.165, 1.54) is 13.8 Å². The summed E-state index contributed by atoms with van der Waals surface area (Å²) in [5.74, 6) is -0.287. The minimum absolute atomic E-state index is 0.00639. The predicted molar refractivity (Wildman–Crippen MR) is 159 cm³/mol. The summed E-state index contributed by atoms with van der Waals surface area (Å²) >= 11 is 0. The molecule has 4 unspecified atom stereocenters. The maximum absolute atomic E-state index is 13.9. The van der Waals surface area contributed by atoms with Crippen LogP contribution >= 0.6 is 0 Å². The van der Waals surface area contributed by atoms with E-state index in [-0.39, 0.29) is 35.9 Å². The molecule has 0 bridgehead atoms. The van der Waals surface area contributed by atoms with Crippen LogP contribution in [-0.2, 0) is 19.7 Å². The van der Waals surface area contributed by atoms with Crippen LogP contribution in [0.2, 0.25) is 0 Å². The van der Waals surface area contributed by atoms with E-state index in [4.69, 9.17) is 9.47 Å². The number of rotatable bonds is 7. The molecule has 3 aromatic rings. The lowest BCUT2D eigenvalue weighted by atomic mass is 9.56. The third-order valence-electron chi connectivity index (χ3n) is 8.83. The second kappa shape index (κ2) is 11.9. The first-order chi connectivity index (χ1) is 19.7. The van der Waals surface area contributed by atoms with Gasteiger partial charge in [0.05, 0.1) is 0 Å². The summed E-state index contributed by atoms with van der Waals surface area (Å²) in [6, 6.07) is 21.3. The molecule has 1 heterocycles. The molecule has 4 atom stereocenters. The van der Waals surface area contributed by atoms with E-state index in [1.807, 2.05) is 72.6 Å². The van der Waals surface area contributed by atoms with Crippen molar-refractivity contribution in [2.45, 2.75) is 50.7 Å². The standard InChI is InChI=1S/C34H38N2O5/c1-5-16-36-17-15-34(28-11-8-12-30(19-28)40-23(2)37)21-29(20-32(31(34)22-36)41-24(3)38)35(4)33(39)27-14-13-25-9-6-7-10-26(25)18-27/h5-14,18-19,29,31-32H,1,15-17,20-22H2,2-4H3. The normalized spacial score (nSPS) is 24.2. The molecule has 7 heteroatoms. The van der Waals surface area contributed by atoms with Gasteiger partial charge in [0, 0.05) is 63.3 Å². The second-order valence-electron chi connectivity index (χ2n) is 11.4. The topological polar surface area (TPSA) is 76.2 Å². The van der Waals surface area contributed by atoms with Gasteiger partial charge in [-0.25, -0.2) is 0 Å². The fraction of sp³-hybridized carbons (Fsp3) is 0.382. The van der Waals surface area contributed by atoms with E-state index < -0.39 is 5.41 Å². The van der Waals surface area contributed by atoms with Crippen molar-refractivity contribution < 1.29 is 23.9 Å². The Balaban J connectivity index is 1.54. The molecule has 3 aromatic carbocycles. The smallest absolute Gasteiger partial charge is 0.308 e. The Morgan fingerprint density at radius 2 is 1.80 bits per heavy atom. The van der Waals surface area contributed by atoms with Crippen molar-refractivity contribution in [3.8, 4) is 5.75 Å². The van der Waals surface area contributed by atoms with Gasteiger partial charge in [0.15, 0.2) is 0 Å². The molecule has 0 aromatic heterocycles. The van der Waals surface area contributed by atoms with Gasteiger partial charge < -0.3 is 14.4 Å². The van der Waals surface area contributed by atoms with Gasteiger partial charge in [-0.1, -0.05) is 48.5 Å². The van der Waals surface area contributed by atoms with E-state index in [0.717, 1.165) is 42.4 Å². The van der Waals surface area contributed by atoms with Crippen molar-refractivity contribution in [3.05, 3.63) is 90.5 Å². The molecule has 1 aliphatic heterocycles. The molecule has 2 aliphatic rings. The maximum Gasteiger partial charge on any atom is 0.308 e. The molecular formula is C34H38N2O5. The lowest BCUT2D eigenvalue weighted by molar-refractivity contribution is -0.158. The molecule has 5 rings (SSSR count). The molecule has 2 fully saturated rings. The molecule has 1 saturated heterocycles. The third kappa shape index (κ3) is 5.91. The fourth-order valence-electron chi connectivity index (χ4n) is 6.94. The zero-order chi connectivity index (χ0) is 29.1. The maximum atomic E-state index is 13.9. The fourth-order valence-corrected chi connectivity index (χ4v) is 6.94. The quantitative estimate of drug-likeness (QED) is 0.222. The number of ether oxygens (including phenoxy) is 2. The van der Waals surface area contributed by atoms with Crippen LogP contribution in [0, 0.1) is 5.92 Å². The number of piperidine rings is 1. The monoisotopic (exact) mass is 554 g/mol. The Labute approximate surface area is 241 Å². The van der Waals surface area contributed by atoms with E-state index in [0.29, 0.717) is 24.2 Å². The summed E-state index contributed by atoms with van der Waals surface area (Å²) in [7, 11) is 1.85. The first kappa shape index (κ1) is 28.6. The van der Waals surface area contributed by atoms with Crippen LogP contribution in [0.1, 0.15) is 49.0 Å². The average Bonchev–Trinajstić information content (AvgIpc) is 2.96. The number of fused-ring (bicyclic) bond motifs is 2. The number of likely N-dealkylation sites (tertiary alicyclic amines) is 1. The number of amides is 1. The molecule has 0 spiro atoms. The van der Waals surface area contributed by atoms with Crippen molar-refractivity contribution in [3.63, 3.8) is 0 Å². The SMILES string of the molecule is C=CCN1CCC2(c3cccc(OC(C)=O)c3)CC(N(C)C(=O)c3ccc4ccccc4c3)CC(OC(C)=O)C2C1. The first-order valence-corrected chi connectivity index (χ1v) is 14.3. The summed E-state index contributed by atoms with van der Waals surface area (Å²) < 4.78 is 11.5. The summed E-state index contributed by atoms with van der Waals surface area (Å²) in [5, 5.41) is 2.10. The van der Waals surface area contributed by atoms with Crippen LogP contribution < -0.4 is 4.74 Å². The first-order valence-electron chi connectivity index (χ1n) is 14.3. The number of hydrogen-bond acceptors (Lipinski definition) is 6. The predicted octanol–water partition coefficient (Wildman–Crippen LogP) is 5.38. The highest BCUT2D eigenvalue weighted by molar-refractivity contribution is 5.98. The van der Waals surface area contributed by atoms with Crippen LogP contribution in [-0.4, -0.2) is 66.5 Å². The molecule has 214 valence electrons. The molecule has 0 radical (unpaired) electrons. The molecule has 1 amide bonds. The molecule has 41 heavy (non-hydrogen) atoms. The van der Waals surface area contributed by atoms with Crippen LogP contribution in [0.3, 0.4) is 0 Å². The lowest BCUT2D eigenvalue weighted by Crippen LogP contribution is -2.61. The lowest BCUT2D eigenvalue weighted by Gasteiger charge is -2.56. The highest BCUT2D eigenvalue weighted by atomic mass is 16.5. The molecule has 7 nitrogen and oxygen atoms in total. The number of carbonyl (C=O) groups excluding carboxylic acids is 3. The number of carbonyl (C=O) groups is 3. The van der Waals surface area contributed by atoms with Crippen LogP contribution in [0.25, 0.3) is 10.8 Å². The number of nitrogens with zero attached hydrogens (tertiary/aromatic N) is 2. The Hall–Kier alpha value is -3.97. The van der Waals surface area contributed by atoms with Crippen molar-refractivity contribution in [2.75, 3.05) is 26.7 Å². The van der Waals surface area contributed by atoms with Crippen LogP contribution in [0.5, 0.6) is 5.75 Å². The minimum Gasteiger partial charge on any atom is -0.462 e. The van der Waals surface area contributed by atoms with Gasteiger partial charge >= 0.3 is 11.9 Å². The van der Waals surface area contributed by atoms with Crippen molar-refractivity contribution in [2.24, 2.45) is 5.92 Å². The van der Waals surface area contributed by atoms with Gasteiger partial charge in [-0.15, -0.1) is 6.58 Å². The van der Waals surface area contributed by atoms with Crippen molar-refractivity contribution in [1.82, 2.24) is 9.80 Å². The Bertz CT molecular complexity index is 1470. The van der Waals surface area contributed by atoms with Gasteiger partial charge in [0.25, 0.3) is 5.91 Å². The number of hydrogen-bond donors (Lipinski definition) is 0. The summed E-state index contributed by atoms with van der Waals surface area (Å²) in [4.78, 5) is 42.2. The Kier molecular flexibility index (Phi) is 8.27. The molecule has 1 saturated carbocycles. The zero-order valence-corrected chi connectivity index (χ0v) is 24.0. The van der Waals surface area contributed by atoms with Gasteiger partial charge in [0.2, 0.25) is 0 Å². The van der Waals surface area contributed by atoms with Crippen molar-refractivity contribution >= 4 is 28.6 Å². The summed E-state index contributed by atoms with van der Waals surface area (Å²) in [6.07, 6.45) is 3.57. The van der Waals surface area contributed by atoms with Crippen molar-refractivity contribution in [1.29, 1.82) is 0 Å². The largest absolute Gasteiger partial charge is 0.462 e. The van der Waals surface area contributed by atoms with Gasteiger partial charge in [-0.2, -0.15) is 0 Å². The summed E-state index contributed by atoms with van der Waals surface area (Å²) in [6.45, 7) is 9.08. The van der Waals surface area contributed by atoms with E-state index >= 15 is 0 Å². The van der Waals surface area contributed by atoms with E-state index in [9.17, 15) is 14.4 Å². The highest BCUT2D eigenvalue weighted by Gasteiger charge is 2.54. The highest BCUT2D eigenvalue weighted by Crippen LogP contribution is 2.51. The van der Waals surface area contributed by atoms with Gasteiger partial charge in [-0.3, -0.25) is 19.3 Å². The van der Waals surface area contributed by atoms with E-state index in [1.54, 1.807) is 6.07 Å². The second-order valence-corrected chi connectivity index (χ2v) is 11.4. The van der Waals surface area contributed by atoms with Gasteiger partial charge in [-0.05, 0) is 60.0 Å². The Morgan fingerprint density at radius 1 is 1.02 bits per heavy atom. The Morgan fingerprint density at radius 3 is 2.54 bits per heavy atom. The summed E-state index contributed by atoms with van der Waals surface area (Å²) in [5.41, 5.74) is 1.27. The number of esters is 2. The average molecular weight is 555 g/mol. The molecule has 0 N–H and O–H groups in total. The van der Waals surface area contributed by atoms with E-state index in [2.05, 4.69) is 17.5 Å². The van der Waals surface area contributed by atoms with Crippen LogP contribution in [0.15, 0.2) is 79.4 Å². The molecule has 1 aliphatic carbocycles.